The Morgan fingerprint density at radius 2 is 1.34 bits per heavy atom. The molecule has 1 atom stereocenters. The summed E-state index contributed by atoms with van der Waals surface area (Å²) in [6.07, 6.45) is 14.0. The van der Waals surface area contributed by atoms with Crippen LogP contribution in [0.15, 0.2) is 24.3 Å². The Balaban J connectivity index is 1.47. The maximum Gasteiger partial charge on any atom is 0.315 e. The molecule has 6 heteroatoms. The van der Waals surface area contributed by atoms with Crippen LogP contribution in [0.1, 0.15) is 77.0 Å². The number of halogens is 1. The molecule has 0 radical (unpaired) electrons. The van der Waals surface area contributed by atoms with Crippen LogP contribution in [0.2, 0.25) is 5.02 Å². The van der Waals surface area contributed by atoms with Gasteiger partial charge in [-0.2, -0.15) is 0 Å². The zero-order chi connectivity index (χ0) is 20.5. The van der Waals surface area contributed by atoms with Crippen molar-refractivity contribution >= 4 is 29.2 Å². The summed E-state index contributed by atoms with van der Waals surface area (Å²) >= 11 is 5.93. The molecule has 1 saturated heterocycles. The highest BCUT2D eigenvalue weighted by Crippen LogP contribution is 2.23. The van der Waals surface area contributed by atoms with E-state index < -0.39 is 0 Å². The van der Waals surface area contributed by atoms with Gasteiger partial charge in [-0.15, -0.1) is 0 Å². The van der Waals surface area contributed by atoms with Crippen LogP contribution in [0, 0.1) is 0 Å². The number of rotatable bonds is 3. The molecule has 5 nitrogen and oxygen atoms in total. The Morgan fingerprint density at radius 1 is 0.828 bits per heavy atom. The number of hydrogen-bond acceptors (Lipinski definition) is 2. The second-order valence-corrected chi connectivity index (χ2v) is 8.89. The second kappa shape index (κ2) is 11.4. The molecule has 1 heterocycles. The first-order chi connectivity index (χ1) is 14.1. The van der Waals surface area contributed by atoms with Crippen LogP contribution >= 0.6 is 11.6 Å². The zero-order valence-corrected chi connectivity index (χ0v) is 18.1. The minimum atomic E-state index is -0.163. The van der Waals surface area contributed by atoms with Crippen molar-refractivity contribution in [1.29, 1.82) is 0 Å². The fourth-order valence-corrected chi connectivity index (χ4v) is 4.52. The Bertz CT molecular complexity index is 653. The molecule has 1 aliphatic carbocycles. The molecule has 29 heavy (non-hydrogen) atoms. The zero-order valence-electron chi connectivity index (χ0n) is 17.3. The van der Waals surface area contributed by atoms with Gasteiger partial charge in [0.2, 0.25) is 5.91 Å². The number of nitrogens with one attached hydrogen (secondary N) is 2. The van der Waals surface area contributed by atoms with E-state index in [2.05, 4.69) is 10.6 Å². The van der Waals surface area contributed by atoms with Gasteiger partial charge in [-0.05, 0) is 37.1 Å². The molecule has 1 unspecified atom stereocenters. The van der Waals surface area contributed by atoms with Crippen LogP contribution in [-0.4, -0.2) is 30.6 Å². The van der Waals surface area contributed by atoms with Gasteiger partial charge in [-0.25, -0.2) is 4.79 Å². The second-order valence-electron chi connectivity index (χ2n) is 8.46. The van der Waals surface area contributed by atoms with Crippen molar-refractivity contribution in [3.8, 4) is 0 Å². The van der Waals surface area contributed by atoms with Crippen LogP contribution in [0.5, 0.6) is 0 Å². The summed E-state index contributed by atoms with van der Waals surface area (Å²) in [6.45, 7) is 0.499. The summed E-state index contributed by atoms with van der Waals surface area (Å²) < 4.78 is 0. The van der Waals surface area contributed by atoms with Crippen molar-refractivity contribution in [2.45, 2.75) is 89.1 Å². The van der Waals surface area contributed by atoms with Gasteiger partial charge in [0.1, 0.15) is 0 Å². The SMILES string of the molecule is O=C(NC1CCCCCCCCCCC1)NC1CC(=O)N(c2ccc(Cl)cc2)C1. The quantitative estimate of drug-likeness (QED) is 0.687. The summed E-state index contributed by atoms with van der Waals surface area (Å²) in [5, 5.41) is 6.84. The molecule has 1 aliphatic heterocycles. The highest BCUT2D eigenvalue weighted by molar-refractivity contribution is 6.30. The molecule has 2 fully saturated rings. The van der Waals surface area contributed by atoms with E-state index in [1.54, 1.807) is 17.0 Å². The Labute approximate surface area is 179 Å². The fraction of sp³-hybridized carbons (Fsp3) is 0.652. The van der Waals surface area contributed by atoms with Gasteiger partial charge in [0.15, 0.2) is 0 Å². The lowest BCUT2D eigenvalue weighted by Gasteiger charge is -2.22. The molecular formula is C23H34ClN3O2. The third-order valence-electron chi connectivity index (χ3n) is 6.04. The van der Waals surface area contributed by atoms with Crippen molar-refractivity contribution in [2.75, 3.05) is 11.4 Å². The summed E-state index contributed by atoms with van der Waals surface area (Å²) in [4.78, 5) is 26.7. The Morgan fingerprint density at radius 3 is 1.93 bits per heavy atom. The Hall–Kier alpha value is -1.75. The average molecular weight is 420 g/mol. The van der Waals surface area contributed by atoms with E-state index in [1.807, 2.05) is 12.1 Å². The first-order valence-corrected chi connectivity index (χ1v) is 11.6. The van der Waals surface area contributed by atoms with Gasteiger partial charge >= 0.3 is 6.03 Å². The summed E-state index contributed by atoms with van der Waals surface area (Å²) in [7, 11) is 0. The van der Waals surface area contributed by atoms with Gasteiger partial charge in [-0.1, -0.05) is 69.4 Å². The van der Waals surface area contributed by atoms with Gasteiger partial charge < -0.3 is 15.5 Å². The van der Waals surface area contributed by atoms with Crippen molar-refractivity contribution in [3.05, 3.63) is 29.3 Å². The third-order valence-corrected chi connectivity index (χ3v) is 6.29. The van der Waals surface area contributed by atoms with E-state index in [0.29, 0.717) is 18.0 Å². The number of hydrogen-bond donors (Lipinski definition) is 2. The van der Waals surface area contributed by atoms with Crippen molar-refractivity contribution < 1.29 is 9.59 Å². The van der Waals surface area contributed by atoms with E-state index in [4.69, 9.17) is 11.6 Å². The number of anilines is 1. The molecule has 160 valence electrons. The van der Waals surface area contributed by atoms with E-state index in [9.17, 15) is 9.59 Å². The predicted octanol–water partition coefficient (Wildman–Crippen LogP) is 5.42. The maximum absolute atomic E-state index is 12.6. The topological polar surface area (TPSA) is 61.4 Å². The molecule has 2 aliphatic rings. The van der Waals surface area contributed by atoms with E-state index >= 15 is 0 Å². The normalized spacial score (nSPS) is 22.6. The molecule has 0 spiro atoms. The lowest BCUT2D eigenvalue weighted by Crippen LogP contribution is -2.47. The minimum absolute atomic E-state index is 0.0311. The lowest BCUT2D eigenvalue weighted by molar-refractivity contribution is -0.117. The number of carbonyl (C=O) groups is 2. The lowest BCUT2D eigenvalue weighted by atomic mass is 9.98. The number of nitrogens with zero attached hydrogens (tertiary/aromatic N) is 1. The minimum Gasteiger partial charge on any atom is -0.335 e. The summed E-state index contributed by atoms with van der Waals surface area (Å²) in [5.74, 6) is 0.0311. The number of amides is 3. The molecule has 1 saturated carbocycles. The number of carbonyl (C=O) groups excluding carboxylic acids is 2. The van der Waals surface area contributed by atoms with Gasteiger partial charge in [0, 0.05) is 29.7 Å². The molecular weight excluding hydrogens is 386 g/mol. The van der Waals surface area contributed by atoms with Crippen molar-refractivity contribution in [2.24, 2.45) is 0 Å². The Kier molecular flexibility index (Phi) is 8.66. The first kappa shape index (κ1) is 21.9. The fourth-order valence-electron chi connectivity index (χ4n) is 4.39. The largest absolute Gasteiger partial charge is 0.335 e. The maximum atomic E-state index is 12.6. The predicted molar refractivity (Wildman–Crippen MR) is 118 cm³/mol. The van der Waals surface area contributed by atoms with E-state index in [0.717, 1.165) is 18.5 Å². The van der Waals surface area contributed by atoms with Crippen LogP contribution in [0.4, 0.5) is 10.5 Å². The molecule has 2 N–H and O–H groups in total. The molecule has 3 rings (SSSR count). The highest BCUT2D eigenvalue weighted by Gasteiger charge is 2.31. The summed E-state index contributed by atoms with van der Waals surface area (Å²) in [5.41, 5.74) is 0.823. The summed E-state index contributed by atoms with van der Waals surface area (Å²) in [6, 6.07) is 7.17. The van der Waals surface area contributed by atoms with Crippen LogP contribution < -0.4 is 15.5 Å². The van der Waals surface area contributed by atoms with Crippen LogP contribution in [-0.2, 0) is 4.79 Å². The van der Waals surface area contributed by atoms with E-state index in [1.165, 1.54) is 57.8 Å². The van der Waals surface area contributed by atoms with Gasteiger partial charge in [0.25, 0.3) is 0 Å². The molecule has 3 amide bonds. The molecule has 1 aromatic rings. The average Bonchev–Trinajstić information content (AvgIpc) is 3.04. The third kappa shape index (κ3) is 7.22. The molecule has 0 aromatic heterocycles. The highest BCUT2D eigenvalue weighted by atomic mass is 35.5. The smallest absolute Gasteiger partial charge is 0.315 e. The molecule has 1 aromatic carbocycles. The number of urea groups is 1. The van der Waals surface area contributed by atoms with Gasteiger partial charge in [0.05, 0.1) is 6.04 Å². The van der Waals surface area contributed by atoms with Crippen LogP contribution in [0.25, 0.3) is 0 Å². The van der Waals surface area contributed by atoms with E-state index in [-0.39, 0.29) is 24.0 Å². The van der Waals surface area contributed by atoms with Crippen molar-refractivity contribution in [3.63, 3.8) is 0 Å². The van der Waals surface area contributed by atoms with Gasteiger partial charge in [-0.3, -0.25) is 4.79 Å². The standard InChI is InChI=1S/C23H34ClN3O2/c24-18-12-14-21(15-13-18)27-17-20(16-22(27)28)26-23(29)25-19-10-8-6-4-2-1-3-5-7-9-11-19/h12-15,19-20H,1-11,16-17H2,(H2,25,26,29). The van der Waals surface area contributed by atoms with Crippen LogP contribution in [0.3, 0.4) is 0 Å². The monoisotopic (exact) mass is 419 g/mol. The molecule has 0 bridgehead atoms. The first-order valence-electron chi connectivity index (χ1n) is 11.2. The number of benzene rings is 1. The van der Waals surface area contributed by atoms with Crippen molar-refractivity contribution in [1.82, 2.24) is 10.6 Å².